The molecule has 0 aromatic heterocycles. The fraction of sp³-hybridized carbons (Fsp3) is 0.933. The molecule has 1 saturated carbocycles. The average molecular weight is 270 g/mol. The summed E-state index contributed by atoms with van der Waals surface area (Å²) in [5.41, 5.74) is 0. The molecule has 3 unspecified atom stereocenters. The number of carbonyl (C=O) groups is 1. The van der Waals surface area contributed by atoms with Gasteiger partial charge >= 0.3 is 0 Å². The third-order valence-corrected chi connectivity index (χ3v) is 3.88. The predicted octanol–water partition coefficient (Wildman–Crippen LogP) is 1.68. The SMILES string of the molecule is CC(C)CCNC(=O)C(C)NCC1CCCC(O)C1. The second-order valence-corrected chi connectivity index (χ2v) is 6.29. The first-order chi connectivity index (χ1) is 8.99. The highest BCUT2D eigenvalue weighted by Gasteiger charge is 2.21. The zero-order valence-electron chi connectivity index (χ0n) is 12.6. The van der Waals surface area contributed by atoms with Crippen molar-refractivity contribution in [3.05, 3.63) is 0 Å². The van der Waals surface area contributed by atoms with Gasteiger partial charge in [-0.2, -0.15) is 0 Å². The number of rotatable bonds is 7. The predicted molar refractivity (Wildman–Crippen MR) is 77.9 cm³/mol. The van der Waals surface area contributed by atoms with Crippen LogP contribution in [0.5, 0.6) is 0 Å². The monoisotopic (exact) mass is 270 g/mol. The van der Waals surface area contributed by atoms with E-state index in [0.717, 1.165) is 45.2 Å². The Kier molecular flexibility index (Phi) is 7.39. The quantitative estimate of drug-likeness (QED) is 0.659. The van der Waals surface area contributed by atoms with E-state index in [0.29, 0.717) is 11.8 Å². The van der Waals surface area contributed by atoms with Crippen LogP contribution in [-0.4, -0.2) is 36.2 Å². The molecule has 19 heavy (non-hydrogen) atoms. The van der Waals surface area contributed by atoms with Gasteiger partial charge in [0.25, 0.3) is 0 Å². The molecule has 0 aromatic carbocycles. The van der Waals surface area contributed by atoms with E-state index in [1.165, 1.54) is 0 Å². The molecule has 0 saturated heterocycles. The molecular formula is C15H30N2O2. The van der Waals surface area contributed by atoms with E-state index in [-0.39, 0.29) is 18.1 Å². The second-order valence-electron chi connectivity index (χ2n) is 6.29. The zero-order valence-corrected chi connectivity index (χ0v) is 12.6. The highest BCUT2D eigenvalue weighted by Crippen LogP contribution is 2.23. The fourth-order valence-corrected chi connectivity index (χ4v) is 2.52. The minimum absolute atomic E-state index is 0.0806. The van der Waals surface area contributed by atoms with E-state index in [1.54, 1.807) is 0 Å². The van der Waals surface area contributed by atoms with Crippen molar-refractivity contribution < 1.29 is 9.90 Å². The Morgan fingerprint density at radius 1 is 1.32 bits per heavy atom. The summed E-state index contributed by atoms with van der Waals surface area (Å²) in [4.78, 5) is 11.8. The maximum Gasteiger partial charge on any atom is 0.236 e. The lowest BCUT2D eigenvalue weighted by Gasteiger charge is -2.27. The largest absolute Gasteiger partial charge is 0.393 e. The van der Waals surface area contributed by atoms with Gasteiger partial charge in [-0.15, -0.1) is 0 Å². The van der Waals surface area contributed by atoms with E-state index < -0.39 is 0 Å². The molecule has 0 aromatic rings. The summed E-state index contributed by atoms with van der Waals surface area (Å²) in [5.74, 6) is 1.21. The van der Waals surface area contributed by atoms with Crippen LogP contribution in [0.25, 0.3) is 0 Å². The first-order valence-corrected chi connectivity index (χ1v) is 7.68. The van der Waals surface area contributed by atoms with Crippen molar-refractivity contribution in [1.82, 2.24) is 10.6 Å². The standard InChI is InChI=1S/C15H30N2O2/c1-11(2)7-8-16-15(19)12(3)17-10-13-5-4-6-14(18)9-13/h11-14,17-18H,4-10H2,1-3H3,(H,16,19). The van der Waals surface area contributed by atoms with Crippen LogP contribution in [0.3, 0.4) is 0 Å². The normalized spacial score (nSPS) is 25.3. The summed E-state index contributed by atoms with van der Waals surface area (Å²) < 4.78 is 0. The Hall–Kier alpha value is -0.610. The van der Waals surface area contributed by atoms with Gasteiger partial charge in [-0.1, -0.05) is 20.3 Å². The van der Waals surface area contributed by atoms with Gasteiger partial charge in [-0.3, -0.25) is 4.79 Å². The first kappa shape index (κ1) is 16.4. The van der Waals surface area contributed by atoms with Gasteiger partial charge < -0.3 is 15.7 Å². The van der Waals surface area contributed by atoms with Gasteiger partial charge in [0.05, 0.1) is 12.1 Å². The Morgan fingerprint density at radius 3 is 2.68 bits per heavy atom. The van der Waals surface area contributed by atoms with Crippen molar-refractivity contribution >= 4 is 5.91 Å². The summed E-state index contributed by atoms with van der Waals surface area (Å²) in [6.45, 7) is 7.80. The van der Waals surface area contributed by atoms with E-state index in [9.17, 15) is 9.90 Å². The van der Waals surface area contributed by atoms with Crippen molar-refractivity contribution in [3.8, 4) is 0 Å². The van der Waals surface area contributed by atoms with E-state index in [4.69, 9.17) is 0 Å². The number of nitrogens with one attached hydrogen (secondary N) is 2. The van der Waals surface area contributed by atoms with Crippen molar-refractivity contribution in [2.24, 2.45) is 11.8 Å². The fourth-order valence-electron chi connectivity index (χ4n) is 2.52. The van der Waals surface area contributed by atoms with Crippen LogP contribution in [0.4, 0.5) is 0 Å². The smallest absolute Gasteiger partial charge is 0.236 e. The minimum Gasteiger partial charge on any atom is -0.393 e. The Balaban J connectivity index is 2.15. The molecule has 1 fully saturated rings. The lowest BCUT2D eigenvalue weighted by atomic mass is 9.87. The molecule has 0 heterocycles. The molecule has 0 radical (unpaired) electrons. The van der Waals surface area contributed by atoms with Crippen molar-refractivity contribution in [3.63, 3.8) is 0 Å². The molecule has 112 valence electrons. The molecule has 0 aliphatic heterocycles. The summed E-state index contributed by atoms with van der Waals surface area (Å²) in [5, 5.41) is 15.9. The van der Waals surface area contributed by atoms with Crippen LogP contribution in [0.1, 0.15) is 52.9 Å². The Morgan fingerprint density at radius 2 is 2.05 bits per heavy atom. The molecule has 1 amide bonds. The number of hydrogen-bond donors (Lipinski definition) is 3. The third-order valence-electron chi connectivity index (χ3n) is 3.88. The van der Waals surface area contributed by atoms with Gasteiger partial charge in [0.2, 0.25) is 5.91 Å². The molecule has 3 atom stereocenters. The first-order valence-electron chi connectivity index (χ1n) is 7.68. The van der Waals surface area contributed by atoms with Crippen molar-refractivity contribution in [1.29, 1.82) is 0 Å². The minimum atomic E-state index is -0.147. The van der Waals surface area contributed by atoms with Crippen LogP contribution >= 0.6 is 0 Å². The number of aliphatic hydroxyl groups excluding tert-OH is 1. The van der Waals surface area contributed by atoms with Gasteiger partial charge in [0, 0.05) is 6.54 Å². The van der Waals surface area contributed by atoms with Crippen molar-refractivity contribution in [2.75, 3.05) is 13.1 Å². The molecule has 0 bridgehead atoms. The van der Waals surface area contributed by atoms with Gasteiger partial charge in [-0.25, -0.2) is 0 Å². The van der Waals surface area contributed by atoms with E-state index in [2.05, 4.69) is 24.5 Å². The molecule has 0 spiro atoms. The van der Waals surface area contributed by atoms with Crippen molar-refractivity contribution in [2.45, 2.75) is 65.0 Å². The Bertz CT molecular complexity index is 269. The zero-order chi connectivity index (χ0) is 14.3. The van der Waals surface area contributed by atoms with E-state index >= 15 is 0 Å². The van der Waals surface area contributed by atoms with Crippen LogP contribution in [0.15, 0.2) is 0 Å². The van der Waals surface area contributed by atoms with Crippen LogP contribution in [-0.2, 0) is 4.79 Å². The van der Waals surface area contributed by atoms with Gasteiger partial charge in [0.1, 0.15) is 0 Å². The van der Waals surface area contributed by atoms with Crippen LogP contribution < -0.4 is 10.6 Å². The molecular weight excluding hydrogens is 240 g/mol. The molecule has 1 aliphatic carbocycles. The highest BCUT2D eigenvalue weighted by atomic mass is 16.3. The van der Waals surface area contributed by atoms with E-state index in [1.807, 2.05) is 6.92 Å². The lowest BCUT2D eigenvalue weighted by molar-refractivity contribution is -0.122. The van der Waals surface area contributed by atoms with Gasteiger partial charge in [-0.05, 0) is 51.0 Å². The lowest BCUT2D eigenvalue weighted by Crippen LogP contribution is -2.44. The summed E-state index contributed by atoms with van der Waals surface area (Å²) in [6, 6.07) is -0.147. The Labute approximate surface area is 117 Å². The average Bonchev–Trinajstić information content (AvgIpc) is 2.35. The molecule has 4 nitrogen and oxygen atoms in total. The summed E-state index contributed by atoms with van der Waals surface area (Å²) >= 11 is 0. The molecule has 4 heteroatoms. The summed E-state index contributed by atoms with van der Waals surface area (Å²) in [6.07, 6.45) is 4.94. The maximum absolute atomic E-state index is 11.8. The maximum atomic E-state index is 11.8. The number of hydrogen-bond acceptors (Lipinski definition) is 3. The summed E-state index contributed by atoms with van der Waals surface area (Å²) in [7, 11) is 0. The molecule has 3 N–H and O–H groups in total. The van der Waals surface area contributed by atoms with Crippen LogP contribution in [0, 0.1) is 11.8 Å². The second kappa shape index (κ2) is 8.54. The number of amides is 1. The number of aliphatic hydroxyl groups is 1. The topological polar surface area (TPSA) is 61.4 Å². The van der Waals surface area contributed by atoms with Gasteiger partial charge in [0.15, 0.2) is 0 Å². The molecule has 1 rings (SSSR count). The number of carbonyl (C=O) groups excluding carboxylic acids is 1. The molecule has 1 aliphatic rings. The van der Waals surface area contributed by atoms with Crippen LogP contribution in [0.2, 0.25) is 0 Å². The highest BCUT2D eigenvalue weighted by molar-refractivity contribution is 5.81. The third kappa shape index (κ3) is 6.92.